The Morgan fingerprint density at radius 1 is 1.00 bits per heavy atom. The van der Waals surface area contributed by atoms with E-state index >= 15 is 0 Å². The van der Waals surface area contributed by atoms with Crippen molar-refractivity contribution < 1.29 is 9.53 Å². The number of carbonyl (C=O) groups is 1. The summed E-state index contributed by atoms with van der Waals surface area (Å²) in [6.45, 7) is 3.45. The SMILES string of the molecule is CC(=O)Oc1c(-c2ccccc2)n(-c2ccccn2)c2ccc(C)cc12. The number of carbonyl (C=O) groups excluding carboxylic acids is 1. The van der Waals surface area contributed by atoms with Crippen molar-refractivity contribution in [2.45, 2.75) is 13.8 Å². The molecule has 4 aromatic rings. The molecule has 0 saturated carbocycles. The van der Waals surface area contributed by atoms with Crippen LogP contribution in [-0.2, 0) is 4.79 Å². The number of ether oxygens (including phenoxy) is 1. The third-order valence-electron chi connectivity index (χ3n) is 4.25. The van der Waals surface area contributed by atoms with E-state index in [4.69, 9.17) is 4.74 Å². The highest BCUT2D eigenvalue weighted by molar-refractivity contribution is 5.98. The van der Waals surface area contributed by atoms with Gasteiger partial charge in [-0.3, -0.25) is 9.36 Å². The number of aryl methyl sites for hydroxylation is 1. The predicted molar refractivity (Wildman–Crippen MR) is 103 cm³/mol. The number of hydrogen-bond donors (Lipinski definition) is 0. The van der Waals surface area contributed by atoms with Crippen LogP contribution in [0.4, 0.5) is 0 Å². The Morgan fingerprint density at radius 2 is 1.77 bits per heavy atom. The van der Waals surface area contributed by atoms with Gasteiger partial charge in [0.1, 0.15) is 5.82 Å². The number of aromatic nitrogens is 2. The smallest absolute Gasteiger partial charge is 0.308 e. The first-order chi connectivity index (χ1) is 12.6. The molecule has 0 aliphatic heterocycles. The molecule has 128 valence electrons. The zero-order chi connectivity index (χ0) is 18.1. The molecular weight excluding hydrogens is 324 g/mol. The number of fused-ring (bicyclic) bond motifs is 1. The molecule has 0 spiro atoms. The largest absolute Gasteiger partial charge is 0.424 e. The van der Waals surface area contributed by atoms with Gasteiger partial charge in [-0.25, -0.2) is 4.98 Å². The summed E-state index contributed by atoms with van der Waals surface area (Å²) in [6, 6.07) is 21.8. The van der Waals surface area contributed by atoms with Crippen LogP contribution in [0.1, 0.15) is 12.5 Å². The van der Waals surface area contributed by atoms with Gasteiger partial charge in [-0.15, -0.1) is 0 Å². The summed E-state index contributed by atoms with van der Waals surface area (Å²) in [6.07, 6.45) is 1.76. The van der Waals surface area contributed by atoms with E-state index in [2.05, 4.69) is 4.98 Å². The summed E-state index contributed by atoms with van der Waals surface area (Å²) in [7, 11) is 0. The lowest BCUT2D eigenvalue weighted by molar-refractivity contribution is -0.131. The second-order valence-electron chi connectivity index (χ2n) is 6.18. The molecule has 4 nitrogen and oxygen atoms in total. The minimum Gasteiger partial charge on any atom is -0.424 e. The Morgan fingerprint density at radius 3 is 2.46 bits per heavy atom. The van der Waals surface area contributed by atoms with E-state index < -0.39 is 0 Å². The summed E-state index contributed by atoms with van der Waals surface area (Å²) >= 11 is 0. The standard InChI is InChI=1S/C22H18N2O2/c1-15-11-12-19-18(14-15)22(26-16(2)25)21(17-8-4-3-5-9-17)24(19)20-10-6-7-13-23-20/h3-14H,1-2H3. The third kappa shape index (κ3) is 2.75. The summed E-state index contributed by atoms with van der Waals surface area (Å²) in [5, 5.41) is 0.893. The zero-order valence-electron chi connectivity index (χ0n) is 14.6. The monoisotopic (exact) mass is 342 g/mol. The van der Waals surface area contributed by atoms with Crippen molar-refractivity contribution in [1.29, 1.82) is 0 Å². The van der Waals surface area contributed by atoms with Crippen LogP contribution >= 0.6 is 0 Å². The van der Waals surface area contributed by atoms with Crippen molar-refractivity contribution in [1.82, 2.24) is 9.55 Å². The van der Waals surface area contributed by atoms with Gasteiger partial charge >= 0.3 is 5.97 Å². The fourth-order valence-electron chi connectivity index (χ4n) is 3.20. The van der Waals surface area contributed by atoms with Crippen molar-refractivity contribution >= 4 is 16.9 Å². The van der Waals surface area contributed by atoms with Gasteiger partial charge in [0, 0.05) is 24.1 Å². The number of pyridine rings is 1. The predicted octanol–water partition coefficient (Wildman–Crippen LogP) is 4.93. The van der Waals surface area contributed by atoms with E-state index in [0.717, 1.165) is 33.5 Å². The Kier molecular flexibility index (Phi) is 4.01. The molecule has 2 aromatic carbocycles. The topological polar surface area (TPSA) is 44.1 Å². The maximum atomic E-state index is 11.8. The van der Waals surface area contributed by atoms with Crippen LogP contribution in [0.15, 0.2) is 72.9 Å². The Balaban J connectivity index is 2.15. The third-order valence-corrected chi connectivity index (χ3v) is 4.25. The van der Waals surface area contributed by atoms with Crippen molar-refractivity contribution in [2.24, 2.45) is 0 Å². The fraction of sp³-hybridized carbons (Fsp3) is 0.0909. The summed E-state index contributed by atoms with van der Waals surface area (Å²) in [5.74, 6) is 0.996. The highest BCUT2D eigenvalue weighted by Crippen LogP contribution is 2.42. The molecule has 0 fully saturated rings. The highest BCUT2D eigenvalue weighted by atomic mass is 16.5. The molecule has 0 bridgehead atoms. The zero-order valence-corrected chi connectivity index (χ0v) is 14.6. The lowest BCUT2D eigenvalue weighted by Gasteiger charge is -2.11. The van der Waals surface area contributed by atoms with Crippen LogP contribution in [-0.4, -0.2) is 15.5 Å². The summed E-state index contributed by atoms with van der Waals surface area (Å²) in [5.41, 5.74) is 3.83. The molecule has 0 amide bonds. The first kappa shape index (κ1) is 16.1. The molecular formula is C22H18N2O2. The Hall–Kier alpha value is -3.40. The van der Waals surface area contributed by atoms with Crippen LogP contribution in [0, 0.1) is 6.92 Å². The van der Waals surface area contributed by atoms with Gasteiger partial charge in [0.15, 0.2) is 5.75 Å². The number of hydrogen-bond acceptors (Lipinski definition) is 3. The highest BCUT2D eigenvalue weighted by Gasteiger charge is 2.22. The number of rotatable bonds is 3. The molecule has 0 saturated heterocycles. The van der Waals surface area contributed by atoms with E-state index in [1.54, 1.807) is 6.20 Å². The second kappa shape index (κ2) is 6.48. The molecule has 4 rings (SSSR count). The van der Waals surface area contributed by atoms with Crippen LogP contribution < -0.4 is 4.74 Å². The van der Waals surface area contributed by atoms with Crippen molar-refractivity contribution in [2.75, 3.05) is 0 Å². The van der Waals surface area contributed by atoms with Gasteiger partial charge in [0.2, 0.25) is 0 Å². The van der Waals surface area contributed by atoms with Gasteiger partial charge in [-0.05, 0) is 31.2 Å². The molecule has 26 heavy (non-hydrogen) atoms. The van der Waals surface area contributed by atoms with Gasteiger partial charge < -0.3 is 4.74 Å². The van der Waals surface area contributed by atoms with E-state index in [9.17, 15) is 4.79 Å². The molecule has 4 heteroatoms. The first-order valence-electron chi connectivity index (χ1n) is 8.45. The van der Waals surface area contributed by atoms with Crippen LogP contribution in [0.25, 0.3) is 28.0 Å². The minimum absolute atomic E-state index is 0.344. The molecule has 0 unspecified atom stereocenters. The van der Waals surface area contributed by atoms with Crippen molar-refractivity contribution in [3.05, 3.63) is 78.5 Å². The average Bonchev–Trinajstić information content (AvgIpc) is 2.96. The second-order valence-corrected chi connectivity index (χ2v) is 6.18. The normalized spacial score (nSPS) is 10.8. The minimum atomic E-state index is -0.344. The van der Waals surface area contributed by atoms with E-state index in [1.165, 1.54) is 6.92 Å². The number of nitrogens with zero attached hydrogens (tertiary/aromatic N) is 2. The first-order valence-corrected chi connectivity index (χ1v) is 8.45. The maximum absolute atomic E-state index is 11.8. The van der Waals surface area contributed by atoms with Gasteiger partial charge in [0.05, 0.1) is 11.2 Å². The van der Waals surface area contributed by atoms with Crippen molar-refractivity contribution in [3.8, 4) is 22.8 Å². The van der Waals surface area contributed by atoms with E-state index in [-0.39, 0.29) is 5.97 Å². The van der Waals surface area contributed by atoms with Crippen molar-refractivity contribution in [3.63, 3.8) is 0 Å². The van der Waals surface area contributed by atoms with Gasteiger partial charge in [-0.1, -0.05) is 48.0 Å². The number of benzene rings is 2. The Labute approximate surface area is 151 Å². The number of esters is 1. The van der Waals surface area contributed by atoms with E-state index in [0.29, 0.717) is 5.75 Å². The molecule has 0 radical (unpaired) electrons. The van der Waals surface area contributed by atoms with Crippen LogP contribution in [0.3, 0.4) is 0 Å². The van der Waals surface area contributed by atoms with Gasteiger partial charge in [0.25, 0.3) is 0 Å². The fourth-order valence-corrected chi connectivity index (χ4v) is 3.20. The average molecular weight is 342 g/mol. The van der Waals surface area contributed by atoms with Crippen LogP contribution in [0.2, 0.25) is 0 Å². The molecule has 0 N–H and O–H groups in total. The maximum Gasteiger partial charge on any atom is 0.308 e. The molecule has 0 aliphatic carbocycles. The molecule has 0 atom stereocenters. The lowest BCUT2D eigenvalue weighted by Crippen LogP contribution is -2.04. The van der Waals surface area contributed by atoms with Gasteiger partial charge in [-0.2, -0.15) is 0 Å². The Bertz CT molecular complexity index is 1080. The quantitative estimate of drug-likeness (QED) is 0.496. The lowest BCUT2D eigenvalue weighted by atomic mass is 10.1. The molecule has 0 aliphatic rings. The summed E-state index contributed by atoms with van der Waals surface area (Å²) < 4.78 is 7.73. The molecule has 2 heterocycles. The summed E-state index contributed by atoms with van der Waals surface area (Å²) in [4.78, 5) is 16.3. The molecule has 2 aromatic heterocycles. The van der Waals surface area contributed by atoms with Crippen LogP contribution in [0.5, 0.6) is 5.75 Å². The van der Waals surface area contributed by atoms with E-state index in [1.807, 2.05) is 78.2 Å².